The second-order valence-corrected chi connectivity index (χ2v) is 5.69. The predicted molar refractivity (Wildman–Crippen MR) is 80.1 cm³/mol. The summed E-state index contributed by atoms with van der Waals surface area (Å²) >= 11 is 0. The standard InChI is InChI=1S/C17H22FNO2/c1-11(13-5-3-4-6-13)17(21)19-12(2)16(20)14-7-9-15(18)10-8-14/h7-10,12,16,20H,3-6H2,1-2H3,(H,19,21). The molecule has 1 amide bonds. The third kappa shape index (κ3) is 3.91. The average molecular weight is 291 g/mol. The first kappa shape index (κ1) is 15.7. The van der Waals surface area contributed by atoms with E-state index >= 15 is 0 Å². The third-order valence-electron chi connectivity index (χ3n) is 4.12. The van der Waals surface area contributed by atoms with Gasteiger partial charge in [0.25, 0.3) is 0 Å². The lowest BCUT2D eigenvalue weighted by Crippen LogP contribution is -2.37. The Kier molecular flexibility index (Phi) is 5.12. The minimum Gasteiger partial charge on any atom is -0.386 e. The van der Waals surface area contributed by atoms with Crippen LogP contribution in [0, 0.1) is 5.82 Å². The van der Waals surface area contributed by atoms with Gasteiger partial charge in [0.15, 0.2) is 0 Å². The monoisotopic (exact) mass is 291 g/mol. The van der Waals surface area contributed by atoms with E-state index in [0.29, 0.717) is 5.56 Å². The highest BCUT2D eigenvalue weighted by atomic mass is 19.1. The van der Waals surface area contributed by atoms with Crippen molar-refractivity contribution < 1.29 is 14.3 Å². The van der Waals surface area contributed by atoms with Gasteiger partial charge in [-0.2, -0.15) is 0 Å². The molecule has 2 unspecified atom stereocenters. The van der Waals surface area contributed by atoms with Crippen LogP contribution in [0.1, 0.15) is 51.2 Å². The maximum atomic E-state index is 12.9. The van der Waals surface area contributed by atoms with E-state index in [1.54, 1.807) is 6.92 Å². The van der Waals surface area contributed by atoms with Crippen molar-refractivity contribution in [2.75, 3.05) is 0 Å². The highest BCUT2D eigenvalue weighted by molar-refractivity contribution is 5.93. The van der Waals surface area contributed by atoms with E-state index in [1.807, 2.05) is 6.92 Å². The zero-order valence-electron chi connectivity index (χ0n) is 12.5. The van der Waals surface area contributed by atoms with Gasteiger partial charge < -0.3 is 10.4 Å². The van der Waals surface area contributed by atoms with Crippen LogP contribution in [-0.4, -0.2) is 17.1 Å². The molecular weight excluding hydrogens is 269 g/mol. The van der Waals surface area contributed by atoms with E-state index in [-0.39, 0.29) is 11.7 Å². The number of halogens is 1. The van der Waals surface area contributed by atoms with Crippen LogP contribution < -0.4 is 5.32 Å². The fourth-order valence-corrected chi connectivity index (χ4v) is 2.68. The Morgan fingerprint density at radius 2 is 1.81 bits per heavy atom. The molecule has 114 valence electrons. The van der Waals surface area contributed by atoms with Crippen molar-refractivity contribution in [3.05, 3.63) is 46.8 Å². The van der Waals surface area contributed by atoms with Gasteiger partial charge in [0.2, 0.25) is 5.91 Å². The molecule has 1 aromatic carbocycles. The summed E-state index contributed by atoms with van der Waals surface area (Å²) in [5, 5.41) is 13.1. The van der Waals surface area contributed by atoms with Gasteiger partial charge in [-0.25, -0.2) is 4.39 Å². The summed E-state index contributed by atoms with van der Waals surface area (Å²) in [5.74, 6) is -0.468. The van der Waals surface area contributed by atoms with E-state index in [9.17, 15) is 14.3 Å². The van der Waals surface area contributed by atoms with E-state index in [1.165, 1.54) is 29.8 Å². The van der Waals surface area contributed by atoms with Crippen LogP contribution >= 0.6 is 0 Å². The predicted octanol–water partition coefficient (Wildman–Crippen LogP) is 3.25. The smallest absolute Gasteiger partial charge is 0.247 e. The topological polar surface area (TPSA) is 49.3 Å². The summed E-state index contributed by atoms with van der Waals surface area (Å²) in [6.45, 7) is 3.59. The van der Waals surface area contributed by atoms with E-state index in [2.05, 4.69) is 5.32 Å². The molecule has 21 heavy (non-hydrogen) atoms. The van der Waals surface area contributed by atoms with Crippen molar-refractivity contribution in [1.82, 2.24) is 5.32 Å². The van der Waals surface area contributed by atoms with Crippen molar-refractivity contribution in [3.63, 3.8) is 0 Å². The van der Waals surface area contributed by atoms with Crippen LogP contribution in [-0.2, 0) is 4.79 Å². The Hall–Kier alpha value is -1.68. The molecule has 1 aliphatic rings. The fourth-order valence-electron chi connectivity index (χ4n) is 2.68. The van der Waals surface area contributed by atoms with Gasteiger partial charge in [-0.3, -0.25) is 4.79 Å². The van der Waals surface area contributed by atoms with Crippen molar-refractivity contribution in [3.8, 4) is 0 Å². The van der Waals surface area contributed by atoms with Gasteiger partial charge >= 0.3 is 0 Å². The quantitative estimate of drug-likeness (QED) is 0.837. The van der Waals surface area contributed by atoms with Crippen molar-refractivity contribution >= 4 is 5.91 Å². The molecule has 1 saturated carbocycles. The maximum absolute atomic E-state index is 12.9. The number of amides is 1. The van der Waals surface area contributed by atoms with Crippen molar-refractivity contribution in [2.45, 2.75) is 51.7 Å². The first-order valence-electron chi connectivity index (χ1n) is 7.42. The molecule has 0 heterocycles. The largest absolute Gasteiger partial charge is 0.386 e. The summed E-state index contributed by atoms with van der Waals surface area (Å²) in [6, 6.07) is 5.24. The van der Waals surface area contributed by atoms with Gasteiger partial charge in [-0.05, 0) is 57.2 Å². The van der Waals surface area contributed by atoms with Crippen molar-refractivity contribution in [2.24, 2.45) is 0 Å². The molecule has 1 fully saturated rings. The van der Waals surface area contributed by atoms with Gasteiger partial charge in [0, 0.05) is 5.57 Å². The molecule has 0 spiro atoms. The van der Waals surface area contributed by atoms with Crippen molar-refractivity contribution in [1.29, 1.82) is 0 Å². The maximum Gasteiger partial charge on any atom is 0.247 e. The Balaban J connectivity index is 2.00. The van der Waals surface area contributed by atoms with Crippen LogP contribution in [0.25, 0.3) is 0 Å². The molecule has 0 bridgehead atoms. The normalized spacial score (nSPS) is 17.4. The summed E-state index contributed by atoms with van der Waals surface area (Å²) in [5.41, 5.74) is 2.58. The van der Waals surface area contributed by atoms with E-state index in [0.717, 1.165) is 31.3 Å². The molecule has 3 nitrogen and oxygen atoms in total. The van der Waals surface area contributed by atoms with Crippen LogP contribution in [0.15, 0.2) is 35.4 Å². The molecule has 2 N–H and O–H groups in total. The molecule has 1 aromatic rings. The second kappa shape index (κ2) is 6.85. The number of carbonyl (C=O) groups is 1. The number of carbonyl (C=O) groups excluding carboxylic acids is 1. The number of rotatable bonds is 4. The summed E-state index contributed by atoms with van der Waals surface area (Å²) < 4.78 is 12.9. The van der Waals surface area contributed by atoms with Crippen LogP contribution in [0.2, 0.25) is 0 Å². The number of hydrogen-bond donors (Lipinski definition) is 2. The molecule has 2 atom stereocenters. The average Bonchev–Trinajstić information content (AvgIpc) is 3.00. The van der Waals surface area contributed by atoms with Gasteiger partial charge in [-0.1, -0.05) is 17.7 Å². The number of aliphatic hydroxyl groups excluding tert-OH is 1. The Labute approximate surface area is 124 Å². The van der Waals surface area contributed by atoms with Gasteiger partial charge in [0.05, 0.1) is 12.1 Å². The third-order valence-corrected chi connectivity index (χ3v) is 4.12. The number of hydrogen-bond acceptors (Lipinski definition) is 2. The Morgan fingerprint density at radius 1 is 1.24 bits per heavy atom. The van der Waals surface area contributed by atoms with Crippen LogP contribution in [0.3, 0.4) is 0 Å². The van der Waals surface area contributed by atoms with Crippen LogP contribution in [0.4, 0.5) is 4.39 Å². The molecule has 2 rings (SSSR count). The number of aliphatic hydroxyl groups is 1. The van der Waals surface area contributed by atoms with E-state index in [4.69, 9.17) is 0 Å². The molecular formula is C17H22FNO2. The minimum atomic E-state index is -0.851. The lowest BCUT2D eigenvalue weighted by Gasteiger charge is -2.21. The molecule has 0 radical (unpaired) electrons. The summed E-state index contributed by atoms with van der Waals surface area (Å²) in [4.78, 5) is 12.2. The molecule has 0 aromatic heterocycles. The van der Waals surface area contributed by atoms with E-state index < -0.39 is 12.1 Å². The number of nitrogens with one attached hydrogen (secondary N) is 1. The minimum absolute atomic E-state index is 0.124. The highest BCUT2D eigenvalue weighted by Crippen LogP contribution is 2.27. The zero-order chi connectivity index (χ0) is 15.4. The lowest BCUT2D eigenvalue weighted by atomic mass is 10.0. The molecule has 1 aliphatic carbocycles. The first-order valence-corrected chi connectivity index (χ1v) is 7.42. The zero-order valence-corrected chi connectivity index (χ0v) is 12.5. The van der Waals surface area contributed by atoms with Gasteiger partial charge in [0.1, 0.15) is 5.82 Å². The van der Waals surface area contributed by atoms with Gasteiger partial charge in [-0.15, -0.1) is 0 Å². The molecule has 4 heteroatoms. The summed E-state index contributed by atoms with van der Waals surface area (Å²) in [7, 11) is 0. The second-order valence-electron chi connectivity index (χ2n) is 5.69. The Bertz CT molecular complexity index is 528. The fraction of sp³-hybridized carbons (Fsp3) is 0.471. The van der Waals surface area contributed by atoms with Crippen LogP contribution in [0.5, 0.6) is 0 Å². The first-order chi connectivity index (χ1) is 9.99. The highest BCUT2D eigenvalue weighted by Gasteiger charge is 2.21. The SMILES string of the molecule is CC(C(=O)NC(C)C(O)c1ccc(F)cc1)=C1CCCC1. The molecule has 0 aliphatic heterocycles. The Morgan fingerprint density at radius 3 is 2.38 bits per heavy atom. The number of benzene rings is 1. The molecule has 0 saturated heterocycles. The number of allylic oxidation sites excluding steroid dienone is 1. The lowest BCUT2D eigenvalue weighted by molar-refractivity contribution is -0.118. The summed E-state index contributed by atoms with van der Waals surface area (Å²) in [6.07, 6.45) is 3.43.